The van der Waals surface area contributed by atoms with E-state index in [-0.39, 0.29) is 25.7 Å². The van der Waals surface area contributed by atoms with Crippen LogP contribution in [0.5, 0.6) is 0 Å². The Kier molecular flexibility index (Phi) is 68.8. The number of carbonyl (C=O) groups is 4. The number of ether oxygens (including phenoxy) is 8. The van der Waals surface area contributed by atoms with E-state index in [4.69, 9.17) is 46.9 Å². The van der Waals surface area contributed by atoms with Gasteiger partial charge in [-0.1, -0.05) is 374 Å². The molecule has 0 spiro atoms. The van der Waals surface area contributed by atoms with Gasteiger partial charge in [0.05, 0.1) is 13.2 Å². The van der Waals surface area contributed by atoms with Gasteiger partial charge in [0.25, 0.3) is 0 Å². The van der Waals surface area contributed by atoms with Crippen molar-refractivity contribution < 1.29 is 122 Å². The Labute approximate surface area is 731 Å². The number of phosphoric acid groups is 1. The van der Waals surface area contributed by atoms with E-state index in [1.165, 1.54) is 212 Å². The van der Waals surface area contributed by atoms with Crippen molar-refractivity contribution in [3.63, 3.8) is 0 Å². The Hall–Kier alpha value is -2.79. The number of aliphatic hydroxyl groups is 9. The average molecular weight is 1750 g/mol. The molecule has 0 bridgehead atoms. The summed E-state index contributed by atoms with van der Waals surface area (Å²) >= 11 is 0. The molecule has 3 aliphatic rings. The van der Waals surface area contributed by atoms with E-state index in [0.717, 1.165) is 141 Å². The van der Waals surface area contributed by atoms with Crippen LogP contribution in [0.4, 0.5) is 0 Å². The van der Waals surface area contributed by atoms with E-state index >= 15 is 0 Å². The molecule has 18 atom stereocenters. The molecule has 10 N–H and O–H groups in total. The third-order valence-electron chi connectivity index (χ3n) is 24.3. The van der Waals surface area contributed by atoms with Crippen LogP contribution in [0.3, 0.4) is 0 Å². The minimum atomic E-state index is -5.81. The van der Waals surface area contributed by atoms with Crippen LogP contribution >= 0.6 is 7.82 Å². The molecule has 25 nitrogen and oxygen atoms in total. The van der Waals surface area contributed by atoms with Gasteiger partial charge in [-0.25, -0.2) is 4.57 Å². The first-order chi connectivity index (χ1) is 58.7. The zero-order valence-corrected chi connectivity index (χ0v) is 77.0. The lowest BCUT2D eigenvalue weighted by Gasteiger charge is -2.50. The molecule has 0 radical (unpaired) electrons. The highest BCUT2D eigenvalue weighted by molar-refractivity contribution is 7.47. The van der Waals surface area contributed by atoms with E-state index in [1.807, 2.05) is 0 Å². The number of hydrogen-bond acceptors (Lipinski definition) is 24. The van der Waals surface area contributed by atoms with Crippen LogP contribution in [-0.4, -0.2) is 205 Å². The van der Waals surface area contributed by atoms with Gasteiger partial charge in [0.2, 0.25) is 0 Å². The minimum absolute atomic E-state index is 0.0186. The summed E-state index contributed by atoms with van der Waals surface area (Å²) in [5.41, 5.74) is 0. The van der Waals surface area contributed by atoms with Gasteiger partial charge in [-0.3, -0.25) is 28.2 Å². The lowest BCUT2D eigenvalue weighted by atomic mass is 9.84. The van der Waals surface area contributed by atoms with Crippen LogP contribution in [0.1, 0.15) is 439 Å². The molecular formula is C95H177O25P. The van der Waals surface area contributed by atoms with Crippen molar-refractivity contribution in [2.24, 2.45) is 0 Å². The predicted octanol–water partition coefficient (Wildman–Crippen LogP) is 19.1. The second-order valence-corrected chi connectivity index (χ2v) is 36.7. The highest BCUT2D eigenvalue weighted by Crippen LogP contribution is 2.49. The molecule has 121 heavy (non-hydrogen) atoms. The molecule has 0 aromatic heterocycles. The molecule has 3 rings (SSSR count). The summed E-state index contributed by atoms with van der Waals surface area (Å²) in [6.45, 7) is 5.64. The quantitative estimate of drug-likeness (QED) is 0.00889. The molecule has 2 aliphatic heterocycles. The van der Waals surface area contributed by atoms with Crippen molar-refractivity contribution >= 4 is 31.7 Å². The maximum Gasteiger partial charge on any atom is 0.472 e. The smallest absolute Gasteiger partial charge is 0.463 e. The van der Waals surface area contributed by atoms with Crippen molar-refractivity contribution in [1.82, 2.24) is 0 Å². The van der Waals surface area contributed by atoms with E-state index in [1.54, 1.807) is 0 Å². The van der Waals surface area contributed by atoms with Crippen LogP contribution < -0.4 is 0 Å². The van der Waals surface area contributed by atoms with Crippen molar-refractivity contribution in [2.45, 2.75) is 543 Å². The normalized spacial score (nSPS) is 24.6. The number of carbonyl (C=O) groups excluding carboxylic acids is 4. The minimum Gasteiger partial charge on any atom is -0.463 e. The number of phosphoric ester groups is 1. The number of allylic oxidation sites excluding steroid dienone is 2. The van der Waals surface area contributed by atoms with Gasteiger partial charge in [0.1, 0.15) is 92.6 Å². The van der Waals surface area contributed by atoms with Crippen LogP contribution in [0.2, 0.25) is 0 Å². The highest BCUT2D eigenvalue weighted by atomic mass is 31.2. The Balaban J connectivity index is 1.89. The summed E-state index contributed by atoms with van der Waals surface area (Å²) in [5, 5.41) is 102. The Morgan fingerprint density at radius 1 is 0.322 bits per heavy atom. The molecule has 1 saturated carbocycles. The molecule has 0 aromatic carbocycles. The van der Waals surface area contributed by atoms with Crippen LogP contribution in [0, 0.1) is 0 Å². The molecule has 18 unspecified atom stereocenters. The van der Waals surface area contributed by atoms with Gasteiger partial charge in [-0.05, 0) is 51.4 Å². The summed E-state index contributed by atoms with van der Waals surface area (Å²) in [7, 11) is -5.81. The Bertz CT molecular complexity index is 2550. The number of esters is 4. The topological polar surface area (TPSA) is 380 Å². The number of unbranched alkanes of at least 4 members (excludes halogenated alkanes) is 55. The fourth-order valence-corrected chi connectivity index (χ4v) is 17.4. The standard InChI is InChI=1S/C95H177O25P/c1-5-9-13-17-21-25-29-33-37-41-43-47-51-55-59-63-67-78(97)111-72-75(114-80(99)69-65-61-57-53-49-45-39-35-31-27-23-19-15-11-7-3)73-113-121(109,110)120-93-91(118-94-88(107)84(103)82(101)76(71-96)115-94)87(106)86(105)90(117-81(100)70-66-62-58-54-50-46-40-36-32-28-24-20-16-12-8-4)92(93)119-95-89(108)85(104)83(102)77(116-95)74-112-79(98)68-64-60-56-52-48-44-42-38-34-30-26-22-18-14-10-6-2/h28,32,75-77,82-96,101-108H,5-27,29-31,33-74H2,1-4H3,(H,109,110)/b32-28-. The molecule has 26 heteroatoms. The van der Waals surface area contributed by atoms with Crippen LogP contribution in [-0.2, 0) is 70.7 Å². The van der Waals surface area contributed by atoms with Gasteiger partial charge < -0.3 is 88.7 Å². The third kappa shape index (κ3) is 53.7. The molecule has 2 saturated heterocycles. The number of rotatable bonds is 81. The first kappa shape index (κ1) is 112. The zero-order valence-electron chi connectivity index (χ0n) is 76.1. The van der Waals surface area contributed by atoms with Crippen molar-refractivity contribution in [3.05, 3.63) is 12.2 Å². The van der Waals surface area contributed by atoms with Gasteiger partial charge in [0.15, 0.2) is 24.8 Å². The number of hydrogen-bond donors (Lipinski definition) is 10. The van der Waals surface area contributed by atoms with Crippen LogP contribution in [0.15, 0.2) is 12.2 Å². The maximum atomic E-state index is 14.9. The molecule has 712 valence electrons. The van der Waals surface area contributed by atoms with E-state index in [9.17, 15) is 74.6 Å². The summed E-state index contributed by atoms with van der Waals surface area (Å²) in [5.74, 6) is -2.95. The summed E-state index contributed by atoms with van der Waals surface area (Å²) in [6, 6.07) is 0. The average Bonchev–Trinajstić information content (AvgIpc) is 0.754. The largest absolute Gasteiger partial charge is 0.472 e. The van der Waals surface area contributed by atoms with E-state index < -0.39 is 162 Å². The predicted molar refractivity (Wildman–Crippen MR) is 472 cm³/mol. The van der Waals surface area contributed by atoms with Gasteiger partial charge in [-0.15, -0.1) is 0 Å². The van der Waals surface area contributed by atoms with Crippen molar-refractivity contribution in [1.29, 1.82) is 0 Å². The molecular weight excluding hydrogens is 1570 g/mol. The molecule has 0 aromatic rings. The monoisotopic (exact) mass is 1750 g/mol. The summed E-state index contributed by atoms with van der Waals surface area (Å²) in [4.78, 5) is 66.6. The highest BCUT2D eigenvalue weighted by Gasteiger charge is 2.60. The van der Waals surface area contributed by atoms with E-state index in [2.05, 4.69) is 39.8 Å². The first-order valence-corrected chi connectivity index (χ1v) is 50.9. The SMILES string of the molecule is CCCCCC/C=C\CCCCCCCCCC(=O)OC1C(O)C(O)C(OC2OC(CO)C(O)C(O)C2O)C(OP(=O)(O)OCC(COC(=O)CCCCCCCCCCCCCCCCCC)OC(=O)CCCCCCCCCCCCCCCCC)C1OC1OC(COC(=O)CCCCCCCCCCCCCCCCCC)C(O)C(O)C1O. The number of aliphatic hydroxyl groups excluding tert-OH is 9. The Morgan fingerprint density at radius 2 is 0.620 bits per heavy atom. The third-order valence-corrected chi connectivity index (χ3v) is 25.3. The Morgan fingerprint density at radius 3 is 0.992 bits per heavy atom. The van der Waals surface area contributed by atoms with Gasteiger partial charge >= 0.3 is 31.7 Å². The lowest BCUT2D eigenvalue weighted by Crippen LogP contribution is -2.70. The lowest BCUT2D eigenvalue weighted by molar-refractivity contribution is -0.360. The fourth-order valence-electron chi connectivity index (χ4n) is 16.4. The van der Waals surface area contributed by atoms with Crippen molar-refractivity contribution in [2.75, 3.05) is 26.4 Å². The second-order valence-electron chi connectivity index (χ2n) is 35.3. The first-order valence-electron chi connectivity index (χ1n) is 49.4. The van der Waals surface area contributed by atoms with Crippen LogP contribution in [0.25, 0.3) is 0 Å². The summed E-state index contributed by atoms with van der Waals surface area (Å²) in [6.07, 6.45) is 34.5. The fraction of sp³-hybridized carbons (Fsp3) is 0.937. The molecule has 2 heterocycles. The van der Waals surface area contributed by atoms with E-state index in [0.29, 0.717) is 32.1 Å². The molecule has 0 amide bonds. The van der Waals surface area contributed by atoms with Gasteiger partial charge in [0, 0.05) is 25.7 Å². The maximum absolute atomic E-state index is 14.9. The molecule has 1 aliphatic carbocycles. The molecule has 3 fully saturated rings. The van der Waals surface area contributed by atoms with Crippen molar-refractivity contribution in [3.8, 4) is 0 Å². The summed E-state index contributed by atoms with van der Waals surface area (Å²) < 4.78 is 73.6. The zero-order chi connectivity index (χ0) is 88.2. The second kappa shape index (κ2) is 74.0. The van der Waals surface area contributed by atoms with Gasteiger partial charge in [-0.2, -0.15) is 0 Å².